The fraction of sp³-hybridized carbons (Fsp3) is 0.750. The highest BCUT2D eigenvalue weighted by Gasteiger charge is 2.13. The monoisotopic (exact) mass is 144 g/mol. The zero-order valence-electron chi connectivity index (χ0n) is 6.08. The van der Waals surface area contributed by atoms with Gasteiger partial charge in [-0.3, -0.25) is 0 Å². The molecule has 0 fully saturated rings. The molecule has 52 valence electrons. The SMILES string of the molecule is CC1=C(Cl)CCCC1C. The molecule has 0 nitrogen and oxygen atoms in total. The first kappa shape index (κ1) is 7.14. The van der Waals surface area contributed by atoms with E-state index in [0.29, 0.717) is 0 Å². The van der Waals surface area contributed by atoms with E-state index >= 15 is 0 Å². The van der Waals surface area contributed by atoms with E-state index < -0.39 is 0 Å². The summed E-state index contributed by atoms with van der Waals surface area (Å²) in [6.07, 6.45) is 3.71. The van der Waals surface area contributed by atoms with Gasteiger partial charge < -0.3 is 0 Å². The molecule has 1 rings (SSSR count). The molecule has 0 bridgehead atoms. The summed E-state index contributed by atoms with van der Waals surface area (Å²) >= 11 is 5.94. The van der Waals surface area contributed by atoms with Crippen molar-refractivity contribution in [3.05, 3.63) is 10.6 Å². The Bertz CT molecular complexity index is 136. The van der Waals surface area contributed by atoms with Gasteiger partial charge in [0, 0.05) is 5.03 Å². The molecule has 0 radical (unpaired) electrons. The summed E-state index contributed by atoms with van der Waals surface area (Å²) in [4.78, 5) is 0. The molecule has 0 saturated heterocycles. The highest BCUT2D eigenvalue weighted by atomic mass is 35.5. The molecular weight excluding hydrogens is 132 g/mol. The van der Waals surface area contributed by atoms with Crippen LogP contribution in [0.3, 0.4) is 0 Å². The van der Waals surface area contributed by atoms with Crippen molar-refractivity contribution in [2.75, 3.05) is 0 Å². The Hall–Kier alpha value is 0.0300. The lowest BCUT2D eigenvalue weighted by atomic mass is 9.90. The van der Waals surface area contributed by atoms with Crippen LogP contribution in [-0.4, -0.2) is 0 Å². The average Bonchev–Trinajstić information content (AvgIpc) is 1.83. The first-order valence-corrected chi connectivity index (χ1v) is 3.94. The molecule has 1 aliphatic rings. The second-order valence-corrected chi connectivity index (χ2v) is 3.34. The van der Waals surface area contributed by atoms with Gasteiger partial charge in [0.1, 0.15) is 0 Å². The van der Waals surface area contributed by atoms with Crippen molar-refractivity contribution in [1.82, 2.24) is 0 Å². The third-order valence-corrected chi connectivity index (χ3v) is 2.69. The molecule has 0 amide bonds. The van der Waals surface area contributed by atoms with Gasteiger partial charge in [0.2, 0.25) is 0 Å². The van der Waals surface area contributed by atoms with Crippen molar-refractivity contribution in [2.45, 2.75) is 33.1 Å². The Balaban J connectivity index is 2.72. The van der Waals surface area contributed by atoms with Crippen LogP contribution in [-0.2, 0) is 0 Å². The third kappa shape index (κ3) is 1.48. The summed E-state index contributed by atoms with van der Waals surface area (Å²) in [5.41, 5.74) is 1.41. The van der Waals surface area contributed by atoms with E-state index in [1.807, 2.05) is 0 Å². The van der Waals surface area contributed by atoms with Crippen LogP contribution in [0.1, 0.15) is 33.1 Å². The van der Waals surface area contributed by atoms with E-state index in [2.05, 4.69) is 13.8 Å². The highest BCUT2D eigenvalue weighted by Crippen LogP contribution is 2.31. The summed E-state index contributed by atoms with van der Waals surface area (Å²) in [5.74, 6) is 0.728. The molecule has 0 aromatic heterocycles. The fourth-order valence-electron chi connectivity index (χ4n) is 1.24. The first-order chi connectivity index (χ1) is 4.22. The van der Waals surface area contributed by atoms with Crippen molar-refractivity contribution in [1.29, 1.82) is 0 Å². The van der Waals surface area contributed by atoms with Crippen LogP contribution in [0.5, 0.6) is 0 Å². The van der Waals surface area contributed by atoms with Gasteiger partial charge in [0.05, 0.1) is 0 Å². The summed E-state index contributed by atoms with van der Waals surface area (Å²) in [6.45, 7) is 4.39. The molecule has 1 atom stereocenters. The predicted octanol–water partition coefficient (Wildman–Crippen LogP) is 3.32. The van der Waals surface area contributed by atoms with Gasteiger partial charge in [-0.15, -0.1) is 0 Å². The zero-order chi connectivity index (χ0) is 6.85. The first-order valence-electron chi connectivity index (χ1n) is 3.57. The highest BCUT2D eigenvalue weighted by molar-refractivity contribution is 6.30. The number of hydrogen-bond acceptors (Lipinski definition) is 0. The van der Waals surface area contributed by atoms with Gasteiger partial charge in [0.25, 0.3) is 0 Å². The predicted molar refractivity (Wildman–Crippen MR) is 41.6 cm³/mol. The van der Waals surface area contributed by atoms with E-state index in [-0.39, 0.29) is 0 Å². The minimum absolute atomic E-state index is 0.728. The van der Waals surface area contributed by atoms with Gasteiger partial charge in [0.15, 0.2) is 0 Å². The Labute approximate surface area is 61.9 Å². The van der Waals surface area contributed by atoms with Crippen molar-refractivity contribution < 1.29 is 0 Å². The lowest BCUT2D eigenvalue weighted by Gasteiger charge is -2.19. The standard InChI is InChI=1S/C8H13Cl/c1-6-4-3-5-8(9)7(6)2/h6H,3-5H2,1-2H3. The quantitative estimate of drug-likeness (QED) is 0.489. The van der Waals surface area contributed by atoms with E-state index in [1.165, 1.54) is 18.4 Å². The van der Waals surface area contributed by atoms with Gasteiger partial charge >= 0.3 is 0 Å². The summed E-state index contributed by atoms with van der Waals surface area (Å²) in [7, 11) is 0. The number of allylic oxidation sites excluding steroid dienone is 2. The van der Waals surface area contributed by atoms with Gasteiger partial charge in [-0.2, -0.15) is 0 Å². The van der Waals surface area contributed by atoms with Crippen LogP contribution in [0, 0.1) is 5.92 Å². The Morgan fingerprint density at radius 3 is 2.67 bits per heavy atom. The zero-order valence-corrected chi connectivity index (χ0v) is 6.83. The smallest absolute Gasteiger partial charge is 0.0172 e. The molecule has 1 unspecified atom stereocenters. The molecular formula is C8H13Cl. The van der Waals surface area contributed by atoms with E-state index in [9.17, 15) is 0 Å². The molecule has 0 aromatic carbocycles. The van der Waals surface area contributed by atoms with Crippen LogP contribution in [0.15, 0.2) is 10.6 Å². The van der Waals surface area contributed by atoms with Crippen molar-refractivity contribution in [3.8, 4) is 0 Å². The fourth-order valence-corrected chi connectivity index (χ4v) is 1.56. The minimum Gasteiger partial charge on any atom is -0.0892 e. The molecule has 0 saturated carbocycles. The molecule has 0 heterocycles. The molecule has 0 aliphatic heterocycles. The van der Waals surface area contributed by atoms with Crippen LogP contribution in [0.25, 0.3) is 0 Å². The minimum atomic E-state index is 0.728. The second kappa shape index (κ2) is 2.74. The van der Waals surface area contributed by atoms with Crippen molar-refractivity contribution in [3.63, 3.8) is 0 Å². The molecule has 1 aliphatic carbocycles. The average molecular weight is 145 g/mol. The third-order valence-electron chi connectivity index (χ3n) is 2.20. The van der Waals surface area contributed by atoms with Gasteiger partial charge in [-0.25, -0.2) is 0 Å². The second-order valence-electron chi connectivity index (χ2n) is 2.88. The van der Waals surface area contributed by atoms with Crippen molar-refractivity contribution >= 4 is 11.6 Å². The number of rotatable bonds is 0. The van der Waals surface area contributed by atoms with Crippen LogP contribution in [0.4, 0.5) is 0 Å². The molecule has 0 aromatic rings. The largest absolute Gasteiger partial charge is 0.0892 e. The summed E-state index contributed by atoms with van der Waals surface area (Å²) in [5, 5.41) is 1.11. The molecule has 9 heavy (non-hydrogen) atoms. The molecule has 0 spiro atoms. The summed E-state index contributed by atoms with van der Waals surface area (Å²) < 4.78 is 0. The maximum atomic E-state index is 5.94. The lowest BCUT2D eigenvalue weighted by Crippen LogP contribution is -2.03. The van der Waals surface area contributed by atoms with Crippen LogP contribution in [0.2, 0.25) is 0 Å². The van der Waals surface area contributed by atoms with E-state index in [0.717, 1.165) is 17.4 Å². The normalized spacial score (nSPS) is 29.0. The number of halogens is 1. The van der Waals surface area contributed by atoms with E-state index in [1.54, 1.807) is 0 Å². The number of hydrogen-bond donors (Lipinski definition) is 0. The Kier molecular flexibility index (Phi) is 2.18. The molecule has 1 heteroatoms. The van der Waals surface area contributed by atoms with Crippen LogP contribution >= 0.6 is 11.6 Å². The van der Waals surface area contributed by atoms with Crippen molar-refractivity contribution in [2.24, 2.45) is 5.92 Å². The molecule has 0 N–H and O–H groups in total. The summed E-state index contributed by atoms with van der Waals surface area (Å²) in [6, 6.07) is 0. The Morgan fingerprint density at radius 2 is 2.22 bits per heavy atom. The van der Waals surface area contributed by atoms with Crippen LogP contribution < -0.4 is 0 Å². The van der Waals surface area contributed by atoms with E-state index in [4.69, 9.17) is 11.6 Å². The maximum absolute atomic E-state index is 5.94. The maximum Gasteiger partial charge on any atom is 0.0172 e. The Morgan fingerprint density at radius 1 is 1.56 bits per heavy atom. The lowest BCUT2D eigenvalue weighted by molar-refractivity contribution is 0.547. The topological polar surface area (TPSA) is 0 Å². The van der Waals surface area contributed by atoms with Gasteiger partial charge in [-0.05, 0) is 32.1 Å². The van der Waals surface area contributed by atoms with Gasteiger partial charge in [-0.1, -0.05) is 24.1 Å².